The van der Waals surface area contributed by atoms with Crippen LogP contribution in [0.3, 0.4) is 0 Å². The number of thiazole rings is 1. The fraction of sp³-hybridized carbons (Fsp3) is 0.800. The van der Waals surface area contributed by atoms with Crippen LogP contribution in [0.1, 0.15) is 61.6 Å². The fourth-order valence-electron chi connectivity index (χ4n) is 4.15. The van der Waals surface area contributed by atoms with Crippen molar-refractivity contribution in [2.75, 3.05) is 11.4 Å². The van der Waals surface area contributed by atoms with Gasteiger partial charge in [0.2, 0.25) is 0 Å². The van der Waals surface area contributed by atoms with Crippen LogP contribution in [-0.2, 0) is 6.42 Å². The number of aryl methyl sites for hydroxylation is 1. The molecule has 1 N–H and O–H groups in total. The molecule has 1 saturated carbocycles. The zero-order chi connectivity index (χ0) is 12.8. The zero-order valence-corrected chi connectivity index (χ0v) is 12.2. The Morgan fingerprint density at radius 1 is 1.11 bits per heavy atom. The molecule has 1 aromatic rings. The van der Waals surface area contributed by atoms with E-state index in [0.717, 1.165) is 36.1 Å². The Kier molecular flexibility index (Phi) is 3.03. The van der Waals surface area contributed by atoms with Crippen molar-refractivity contribution in [2.45, 2.75) is 63.5 Å². The molecule has 3 unspecified atom stereocenters. The molecule has 3 nitrogen and oxygen atoms in total. The second-order valence-electron chi connectivity index (χ2n) is 6.31. The molecular weight excluding hydrogens is 256 g/mol. The summed E-state index contributed by atoms with van der Waals surface area (Å²) in [4.78, 5) is 8.57. The van der Waals surface area contributed by atoms with Crippen molar-refractivity contribution < 1.29 is 5.11 Å². The van der Waals surface area contributed by atoms with Crippen LogP contribution in [-0.4, -0.2) is 22.7 Å². The standard InChI is InChI=1S/C15H22N2OS/c18-13-7-3-5-11-14(13)19-15(16-11)17-9-8-10-4-1-2-6-12(10)17/h10,12-13,18H,1-9H2. The van der Waals surface area contributed by atoms with Crippen molar-refractivity contribution in [1.82, 2.24) is 4.98 Å². The number of aliphatic hydroxyl groups is 1. The van der Waals surface area contributed by atoms with E-state index in [1.165, 1.54) is 49.5 Å². The Bertz CT molecular complexity index is 473. The van der Waals surface area contributed by atoms with E-state index >= 15 is 0 Å². The average Bonchev–Trinajstić information content (AvgIpc) is 3.02. The van der Waals surface area contributed by atoms with E-state index in [0.29, 0.717) is 0 Å². The van der Waals surface area contributed by atoms with Crippen LogP contribution >= 0.6 is 11.3 Å². The lowest BCUT2D eigenvalue weighted by Crippen LogP contribution is -2.34. The molecule has 0 spiro atoms. The van der Waals surface area contributed by atoms with Crippen molar-refractivity contribution in [2.24, 2.45) is 5.92 Å². The third-order valence-electron chi connectivity index (χ3n) is 5.17. The van der Waals surface area contributed by atoms with Gasteiger partial charge in [-0.25, -0.2) is 4.98 Å². The van der Waals surface area contributed by atoms with E-state index in [2.05, 4.69) is 4.90 Å². The van der Waals surface area contributed by atoms with Gasteiger partial charge in [0.15, 0.2) is 5.13 Å². The predicted octanol–water partition coefficient (Wildman–Crippen LogP) is 3.28. The molecule has 4 rings (SSSR count). The third-order valence-corrected chi connectivity index (χ3v) is 6.40. The van der Waals surface area contributed by atoms with Crippen molar-refractivity contribution in [3.05, 3.63) is 10.6 Å². The van der Waals surface area contributed by atoms with Crippen LogP contribution in [0.25, 0.3) is 0 Å². The highest BCUT2D eigenvalue weighted by molar-refractivity contribution is 7.15. The Morgan fingerprint density at radius 3 is 2.89 bits per heavy atom. The molecule has 4 heteroatoms. The van der Waals surface area contributed by atoms with Gasteiger partial charge in [-0.2, -0.15) is 0 Å². The molecule has 2 aliphatic carbocycles. The second-order valence-corrected chi connectivity index (χ2v) is 7.32. The largest absolute Gasteiger partial charge is 0.388 e. The smallest absolute Gasteiger partial charge is 0.186 e. The summed E-state index contributed by atoms with van der Waals surface area (Å²) in [6.45, 7) is 1.18. The molecule has 1 saturated heterocycles. The highest BCUT2D eigenvalue weighted by Gasteiger charge is 2.37. The predicted molar refractivity (Wildman–Crippen MR) is 77.7 cm³/mol. The van der Waals surface area contributed by atoms with Crippen LogP contribution in [0.5, 0.6) is 0 Å². The number of aliphatic hydroxyl groups excluding tert-OH is 1. The summed E-state index contributed by atoms with van der Waals surface area (Å²) in [5.74, 6) is 0.902. The van der Waals surface area contributed by atoms with Crippen LogP contribution in [0.15, 0.2) is 0 Å². The van der Waals surface area contributed by atoms with Crippen LogP contribution in [0.4, 0.5) is 5.13 Å². The number of anilines is 1. The Labute approximate surface area is 118 Å². The van der Waals surface area contributed by atoms with Crippen molar-refractivity contribution in [1.29, 1.82) is 0 Å². The molecule has 2 fully saturated rings. The van der Waals surface area contributed by atoms with Gasteiger partial charge in [0, 0.05) is 12.6 Å². The number of aromatic nitrogens is 1. The quantitative estimate of drug-likeness (QED) is 0.856. The van der Waals surface area contributed by atoms with E-state index in [-0.39, 0.29) is 6.10 Å². The normalized spacial score (nSPS) is 34.2. The van der Waals surface area contributed by atoms with Crippen LogP contribution < -0.4 is 4.90 Å². The van der Waals surface area contributed by atoms with Gasteiger partial charge >= 0.3 is 0 Å². The van der Waals surface area contributed by atoms with Gasteiger partial charge in [0.05, 0.1) is 16.7 Å². The molecule has 3 aliphatic rings. The summed E-state index contributed by atoms with van der Waals surface area (Å²) in [5, 5.41) is 11.3. The number of fused-ring (bicyclic) bond motifs is 2. The van der Waals surface area contributed by atoms with Gasteiger partial charge in [-0.3, -0.25) is 0 Å². The Morgan fingerprint density at radius 2 is 2.00 bits per heavy atom. The molecule has 3 atom stereocenters. The minimum atomic E-state index is -0.250. The molecule has 2 heterocycles. The monoisotopic (exact) mass is 278 g/mol. The lowest BCUT2D eigenvalue weighted by atomic mass is 9.85. The molecule has 0 amide bonds. The molecule has 1 aromatic heterocycles. The van der Waals surface area contributed by atoms with E-state index in [1.807, 2.05) is 0 Å². The van der Waals surface area contributed by atoms with Gasteiger partial charge < -0.3 is 10.0 Å². The van der Waals surface area contributed by atoms with Crippen molar-refractivity contribution >= 4 is 16.5 Å². The first-order valence-corrected chi connectivity index (χ1v) is 8.59. The maximum atomic E-state index is 10.1. The molecule has 19 heavy (non-hydrogen) atoms. The van der Waals surface area contributed by atoms with Crippen molar-refractivity contribution in [3.63, 3.8) is 0 Å². The SMILES string of the molecule is OC1CCCc2nc(N3CCC4CCCCC43)sc21. The minimum Gasteiger partial charge on any atom is -0.388 e. The van der Waals surface area contributed by atoms with Crippen molar-refractivity contribution in [3.8, 4) is 0 Å². The van der Waals surface area contributed by atoms with E-state index in [4.69, 9.17) is 4.98 Å². The van der Waals surface area contributed by atoms with E-state index in [1.54, 1.807) is 11.3 Å². The van der Waals surface area contributed by atoms with Gasteiger partial charge in [-0.05, 0) is 44.4 Å². The summed E-state index contributed by atoms with van der Waals surface area (Å²) < 4.78 is 0. The summed E-state index contributed by atoms with van der Waals surface area (Å²) in [6, 6.07) is 0.735. The number of hydrogen-bond donors (Lipinski definition) is 1. The lowest BCUT2D eigenvalue weighted by molar-refractivity contribution is 0.160. The molecular formula is C15H22N2OS. The second kappa shape index (κ2) is 4.74. The summed E-state index contributed by atoms with van der Waals surface area (Å²) in [5.41, 5.74) is 1.18. The van der Waals surface area contributed by atoms with Gasteiger partial charge in [-0.1, -0.05) is 24.2 Å². The zero-order valence-electron chi connectivity index (χ0n) is 11.3. The first kappa shape index (κ1) is 12.2. The van der Waals surface area contributed by atoms with Crippen LogP contribution in [0, 0.1) is 5.92 Å². The maximum Gasteiger partial charge on any atom is 0.186 e. The lowest BCUT2D eigenvalue weighted by Gasteiger charge is -2.31. The van der Waals surface area contributed by atoms with E-state index < -0.39 is 0 Å². The fourth-order valence-corrected chi connectivity index (χ4v) is 5.37. The van der Waals surface area contributed by atoms with Crippen LogP contribution in [0.2, 0.25) is 0 Å². The van der Waals surface area contributed by atoms with Gasteiger partial charge in [0.1, 0.15) is 0 Å². The Hall–Kier alpha value is -0.610. The highest BCUT2D eigenvalue weighted by atomic mass is 32.1. The topological polar surface area (TPSA) is 36.4 Å². The number of nitrogens with zero attached hydrogens (tertiary/aromatic N) is 2. The first-order valence-electron chi connectivity index (χ1n) is 7.77. The Balaban J connectivity index is 1.62. The summed E-state index contributed by atoms with van der Waals surface area (Å²) in [7, 11) is 0. The minimum absolute atomic E-state index is 0.250. The number of hydrogen-bond acceptors (Lipinski definition) is 4. The molecule has 0 aromatic carbocycles. The van der Waals surface area contributed by atoms with Gasteiger partial charge in [0.25, 0.3) is 0 Å². The first-order chi connectivity index (χ1) is 9.33. The maximum absolute atomic E-state index is 10.1. The number of rotatable bonds is 1. The van der Waals surface area contributed by atoms with E-state index in [9.17, 15) is 5.11 Å². The highest BCUT2D eigenvalue weighted by Crippen LogP contribution is 2.43. The molecule has 1 aliphatic heterocycles. The summed E-state index contributed by atoms with van der Waals surface area (Å²) in [6.07, 6.45) is 9.71. The third kappa shape index (κ3) is 2.00. The summed E-state index contributed by atoms with van der Waals surface area (Å²) >= 11 is 1.76. The molecule has 0 radical (unpaired) electrons. The molecule has 104 valence electrons. The van der Waals surface area contributed by atoms with Gasteiger partial charge in [-0.15, -0.1) is 0 Å². The average molecular weight is 278 g/mol. The molecule has 0 bridgehead atoms.